The highest BCUT2D eigenvalue weighted by Gasteiger charge is 2.26. The molecule has 9 heteroatoms. The van der Waals surface area contributed by atoms with Crippen molar-refractivity contribution in [2.45, 2.75) is 18.8 Å². The standard InChI is InChI=1S/C15H18N6O3/c1-19-13(3-7-17-19)11-4-8-20(9-5-11)15(22)18-12-2-6-16-10-14(12)21(23)24/h2-3,6-7,10-11H,4-5,8-9H2,1H3,(H,16,18,22). The van der Waals surface area contributed by atoms with E-state index in [4.69, 9.17) is 0 Å². The molecule has 1 aliphatic rings. The van der Waals surface area contributed by atoms with Gasteiger partial charge in [-0.1, -0.05) is 0 Å². The van der Waals surface area contributed by atoms with Gasteiger partial charge < -0.3 is 10.2 Å². The fraction of sp³-hybridized carbons (Fsp3) is 0.400. The Kier molecular flexibility index (Phi) is 4.41. The van der Waals surface area contributed by atoms with Crippen LogP contribution in [0.4, 0.5) is 16.2 Å². The SMILES string of the molecule is Cn1nccc1C1CCN(C(=O)Nc2ccncc2[N+](=O)[O-])CC1. The fourth-order valence-corrected chi connectivity index (χ4v) is 2.99. The van der Waals surface area contributed by atoms with E-state index in [-0.39, 0.29) is 17.4 Å². The number of nitro groups is 1. The zero-order valence-corrected chi connectivity index (χ0v) is 13.3. The Morgan fingerprint density at radius 1 is 1.33 bits per heavy atom. The van der Waals surface area contributed by atoms with E-state index < -0.39 is 4.92 Å². The Balaban J connectivity index is 1.62. The summed E-state index contributed by atoms with van der Waals surface area (Å²) in [5, 5.41) is 17.8. The fourth-order valence-electron chi connectivity index (χ4n) is 2.99. The summed E-state index contributed by atoms with van der Waals surface area (Å²) in [5.41, 5.74) is 1.12. The number of hydrogen-bond donors (Lipinski definition) is 1. The summed E-state index contributed by atoms with van der Waals surface area (Å²) in [6.45, 7) is 1.20. The largest absolute Gasteiger partial charge is 0.324 e. The van der Waals surface area contributed by atoms with Crippen LogP contribution in [0.25, 0.3) is 0 Å². The number of hydrogen-bond acceptors (Lipinski definition) is 5. The molecule has 3 heterocycles. The summed E-state index contributed by atoms with van der Waals surface area (Å²) in [7, 11) is 1.91. The van der Waals surface area contributed by atoms with Gasteiger partial charge in [-0.2, -0.15) is 5.10 Å². The van der Waals surface area contributed by atoms with Gasteiger partial charge in [-0.15, -0.1) is 0 Å². The maximum Gasteiger partial charge on any atom is 0.322 e. The Labute approximate surface area is 138 Å². The van der Waals surface area contributed by atoms with Gasteiger partial charge in [0.1, 0.15) is 11.9 Å². The second-order valence-corrected chi connectivity index (χ2v) is 5.72. The number of nitrogens with zero attached hydrogens (tertiary/aromatic N) is 5. The van der Waals surface area contributed by atoms with Crippen LogP contribution in [-0.4, -0.2) is 43.7 Å². The molecule has 2 aromatic rings. The van der Waals surface area contributed by atoms with Gasteiger partial charge in [-0.05, 0) is 25.0 Å². The van der Waals surface area contributed by atoms with Crippen LogP contribution >= 0.6 is 0 Å². The topological polar surface area (TPSA) is 106 Å². The first-order chi connectivity index (χ1) is 11.6. The number of rotatable bonds is 3. The third kappa shape index (κ3) is 3.19. The Hall–Kier alpha value is -2.97. The summed E-state index contributed by atoms with van der Waals surface area (Å²) >= 11 is 0. The maximum atomic E-state index is 12.4. The molecule has 0 bridgehead atoms. The van der Waals surface area contributed by atoms with Crippen molar-refractivity contribution in [3.8, 4) is 0 Å². The first-order valence-corrected chi connectivity index (χ1v) is 7.68. The van der Waals surface area contributed by atoms with Crippen LogP contribution < -0.4 is 5.32 Å². The van der Waals surface area contributed by atoms with Crippen LogP contribution in [0.2, 0.25) is 0 Å². The summed E-state index contributed by atoms with van der Waals surface area (Å²) in [6, 6.07) is 3.10. The normalized spacial score (nSPS) is 15.3. The van der Waals surface area contributed by atoms with E-state index in [9.17, 15) is 14.9 Å². The minimum atomic E-state index is -0.558. The minimum absolute atomic E-state index is 0.161. The third-order valence-corrected chi connectivity index (χ3v) is 4.30. The predicted octanol–water partition coefficient (Wildman–Crippen LogP) is 2.13. The van der Waals surface area contributed by atoms with Crippen molar-refractivity contribution in [1.82, 2.24) is 19.7 Å². The highest BCUT2D eigenvalue weighted by molar-refractivity contribution is 5.91. The Morgan fingerprint density at radius 2 is 2.08 bits per heavy atom. The summed E-state index contributed by atoms with van der Waals surface area (Å²) in [4.78, 5) is 28.2. The van der Waals surface area contributed by atoms with Crippen LogP contribution in [0.15, 0.2) is 30.7 Å². The molecule has 0 radical (unpaired) electrons. The second-order valence-electron chi connectivity index (χ2n) is 5.72. The van der Waals surface area contributed by atoms with Gasteiger partial charge >= 0.3 is 11.7 Å². The molecule has 1 fully saturated rings. The number of aromatic nitrogens is 3. The zero-order chi connectivity index (χ0) is 17.1. The van der Waals surface area contributed by atoms with Crippen LogP contribution in [0.1, 0.15) is 24.5 Å². The molecule has 9 nitrogen and oxygen atoms in total. The number of anilines is 1. The number of aryl methyl sites for hydroxylation is 1. The molecule has 126 valence electrons. The smallest absolute Gasteiger partial charge is 0.322 e. The summed E-state index contributed by atoms with van der Waals surface area (Å²) < 4.78 is 1.86. The lowest BCUT2D eigenvalue weighted by molar-refractivity contribution is -0.384. The lowest BCUT2D eigenvalue weighted by atomic mass is 9.93. The second kappa shape index (κ2) is 6.65. The number of pyridine rings is 1. The van der Waals surface area contributed by atoms with Crippen molar-refractivity contribution in [1.29, 1.82) is 0 Å². The van der Waals surface area contributed by atoms with Crippen LogP contribution in [0.5, 0.6) is 0 Å². The molecular formula is C15H18N6O3. The average Bonchev–Trinajstić information content (AvgIpc) is 3.01. The van der Waals surface area contributed by atoms with Crippen LogP contribution in [-0.2, 0) is 7.05 Å². The van der Waals surface area contributed by atoms with Gasteiger partial charge in [-0.25, -0.2) is 4.79 Å². The first kappa shape index (κ1) is 15.9. The van der Waals surface area contributed by atoms with Gasteiger partial charge in [0, 0.05) is 44.1 Å². The van der Waals surface area contributed by atoms with Gasteiger partial charge in [0.25, 0.3) is 0 Å². The number of likely N-dealkylation sites (tertiary alicyclic amines) is 1. The molecule has 0 aromatic carbocycles. The van der Waals surface area contributed by atoms with Crippen molar-refractivity contribution < 1.29 is 9.72 Å². The van der Waals surface area contributed by atoms with Crippen molar-refractivity contribution in [2.75, 3.05) is 18.4 Å². The van der Waals surface area contributed by atoms with Gasteiger partial charge in [0.05, 0.1) is 4.92 Å². The van der Waals surface area contributed by atoms with Crippen molar-refractivity contribution in [3.63, 3.8) is 0 Å². The lowest BCUT2D eigenvalue weighted by Crippen LogP contribution is -2.40. The summed E-state index contributed by atoms with van der Waals surface area (Å²) in [6.07, 6.45) is 6.00. The molecule has 0 aliphatic carbocycles. The van der Waals surface area contributed by atoms with Crippen molar-refractivity contribution in [2.24, 2.45) is 7.05 Å². The number of nitrogens with one attached hydrogen (secondary N) is 1. The number of urea groups is 1. The molecule has 0 unspecified atom stereocenters. The Morgan fingerprint density at radius 3 is 2.71 bits per heavy atom. The van der Waals surface area contributed by atoms with Gasteiger partial charge in [-0.3, -0.25) is 19.8 Å². The number of piperidine rings is 1. The first-order valence-electron chi connectivity index (χ1n) is 7.68. The third-order valence-electron chi connectivity index (χ3n) is 4.30. The van der Waals surface area contributed by atoms with E-state index in [1.165, 1.54) is 18.0 Å². The van der Waals surface area contributed by atoms with E-state index in [0.717, 1.165) is 19.0 Å². The molecule has 0 atom stereocenters. The maximum absolute atomic E-state index is 12.4. The molecule has 1 aliphatic heterocycles. The number of amides is 2. The van der Waals surface area contributed by atoms with Gasteiger partial charge in [0.15, 0.2) is 0 Å². The number of carbonyl (C=O) groups excluding carboxylic acids is 1. The lowest BCUT2D eigenvalue weighted by Gasteiger charge is -2.32. The van der Waals surface area contributed by atoms with Gasteiger partial charge in [0.2, 0.25) is 0 Å². The van der Waals surface area contributed by atoms with E-state index in [1.54, 1.807) is 11.1 Å². The monoisotopic (exact) mass is 330 g/mol. The quantitative estimate of drug-likeness (QED) is 0.685. The van der Waals surface area contributed by atoms with E-state index in [1.807, 2.05) is 17.8 Å². The molecule has 3 rings (SSSR count). The van der Waals surface area contributed by atoms with Crippen molar-refractivity contribution >= 4 is 17.4 Å². The van der Waals surface area contributed by atoms with E-state index >= 15 is 0 Å². The molecular weight excluding hydrogens is 312 g/mol. The Bertz CT molecular complexity index is 751. The van der Waals surface area contributed by atoms with E-state index in [2.05, 4.69) is 15.4 Å². The molecule has 24 heavy (non-hydrogen) atoms. The molecule has 0 saturated carbocycles. The van der Waals surface area contributed by atoms with E-state index in [0.29, 0.717) is 19.0 Å². The zero-order valence-electron chi connectivity index (χ0n) is 13.3. The van der Waals surface area contributed by atoms with Crippen LogP contribution in [0, 0.1) is 10.1 Å². The molecule has 1 N–H and O–H groups in total. The molecule has 2 amide bonds. The molecule has 0 spiro atoms. The average molecular weight is 330 g/mol. The van der Waals surface area contributed by atoms with Crippen molar-refractivity contribution in [3.05, 3.63) is 46.5 Å². The minimum Gasteiger partial charge on any atom is -0.324 e. The molecule has 2 aromatic heterocycles. The number of carbonyl (C=O) groups is 1. The highest BCUT2D eigenvalue weighted by Crippen LogP contribution is 2.28. The molecule has 1 saturated heterocycles. The van der Waals surface area contributed by atoms with Crippen LogP contribution in [0.3, 0.4) is 0 Å². The highest BCUT2D eigenvalue weighted by atomic mass is 16.6. The summed E-state index contributed by atoms with van der Waals surface area (Å²) in [5.74, 6) is 0.372. The predicted molar refractivity (Wildman–Crippen MR) is 86.7 cm³/mol.